The largest absolute Gasteiger partial charge is 0.497 e. The lowest BCUT2D eigenvalue weighted by atomic mass is 9.94. The molecule has 0 N–H and O–H groups in total. The quantitative estimate of drug-likeness (QED) is 0.838. The van der Waals surface area contributed by atoms with Crippen LogP contribution in [-0.2, 0) is 15.0 Å². The first-order valence-electron chi connectivity index (χ1n) is 8.39. The van der Waals surface area contributed by atoms with Gasteiger partial charge >= 0.3 is 0 Å². The summed E-state index contributed by atoms with van der Waals surface area (Å²) in [6, 6.07) is 7.73. The molecule has 23 heavy (non-hydrogen) atoms. The molecule has 1 aliphatic heterocycles. The second-order valence-corrected chi connectivity index (χ2v) is 6.36. The Labute approximate surface area is 137 Å². The van der Waals surface area contributed by atoms with Gasteiger partial charge in [0, 0.05) is 19.5 Å². The van der Waals surface area contributed by atoms with Crippen LogP contribution >= 0.6 is 0 Å². The number of rotatable bonds is 5. The van der Waals surface area contributed by atoms with E-state index in [1.807, 2.05) is 31.2 Å². The third kappa shape index (κ3) is 2.80. The third-order valence-corrected chi connectivity index (χ3v) is 4.82. The molecule has 1 aliphatic carbocycles. The van der Waals surface area contributed by atoms with Gasteiger partial charge in [0.15, 0.2) is 0 Å². The fraction of sp³-hybridized carbons (Fsp3) is 0.556. The van der Waals surface area contributed by atoms with Crippen LogP contribution in [0.2, 0.25) is 0 Å². The molecule has 0 bridgehead atoms. The van der Waals surface area contributed by atoms with E-state index in [-0.39, 0.29) is 11.8 Å². The zero-order chi connectivity index (χ0) is 16.4. The van der Waals surface area contributed by atoms with Gasteiger partial charge in [0.05, 0.1) is 12.5 Å². The smallest absolute Gasteiger partial charge is 0.251 e. The molecule has 1 saturated carbocycles. The molecule has 0 spiro atoms. The second-order valence-electron chi connectivity index (χ2n) is 6.36. The summed E-state index contributed by atoms with van der Waals surface area (Å²) in [5.41, 5.74) is 0.583. The van der Waals surface area contributed by atoms with Crippen LogP contribution in [0.5, 0.6) is 5.75 Å². The molecule has 5 nitrogen and oxygen atoms in total. The summed E-state index contributed by atoms with van der Waals surface area (Å²) in [5.74, 6) is 0.923. The van der Waals surface area contributed by atoms with Crippen molar-refractivity contribution in [1.29, 1.82) is 0 Å². The molecule has 2 fully saturated rings. The third-order valence-electron chi connectivity index (χ3n) is 4.82. The topological polar surface area (TPSA) is 49.9 Å². The summed E-state index contributed by atoms with van der Waals surface area (Å²) in [4.78, 5) is 25.3. The van der Waals surface area contributed by atoms with Crippen LogP contribution in [0.25, 0.3) is 0 Å². The van der Waals surface area contributed by atoms with Gasteiger partial charge in [-0.1, -0.05) is 19.1 Å². The molecular weight excluding hydrogens is 292 g/mol. The lowest BCUT2D eigenvalue weighted by molar-refractivity contribution is -0.159. The number of benzene rings is 1. The number of hydrogen-bond donors (Lipinski definition) is 0. The summed E-state index contributed by atoms with van der Waals surface area (Å²) in [7, 11) is 1.63. The number of methoxy groups -OCH3 is 1. The summed E-state index contributed by atoms with van der Waals surface area (Å²) < 4.78 is 5.19. The van der Waals surface area contributed by atoms with Crippen molar-refractivity contribution >= 4 is 11.8 Å². The van der Waals surface area contributed by atoms with Gasteiger partial charge in [-0.05, 0) is 43.4 Å². The van der Waals surface area contributed by atoms with Crippen molar-refractivity contribution in [3.05, 3.63) is 29.8 Å². The zero-order valence-corrected chi connectivity index (χ0v) is 13.9. The average molecular weight is 316 g/mol. The van der Waals surface area contributed by atoms with Gasteiger partial charge in [-0.25, -0.2) is 0 Å². The molecule has 124 valence electrons. The number of ether oxygens (including phenoxy) is 1. The van der Waals surface area contributed by atoms with E-state index in [2.05, 4.69) is 0 Å². The van der Waals surface area contributed by atoms with Crippen molar-refractivity contribution in [3.63, 3.8) is 0 Å². The number of hydrogen-bond acceptors (Lipinski definition) is 3. The van der Waals surface area contributed by atoms with Crippen LogP contribution in [0.1, 0.15) is 44.6 Å². The Morgan fingerprint density at radius 2 is 1.78 bits per heavy atom. The highest BCUT2D eigenvalue weighted by molar-refractivity contribution is 5.93. The first-order chi connectivity index (χ1) is 11.1. The Morgan fingerprint density at radius 3 is 2.35 bits per heavy atom. The van der Waals surface area contributed by atoms with Crippen molar-refractivity contribution in [2.24, 2.45) is 0 Å². The van der Waals surface area contributed by atoms with Gasteiger partial charge in [-0.15, -0.1) is 0 Å². The fourth-order valence-electron chi connectivity index (χ4n) is 3.33. The van der Waals surface area contributed by atoms with E-state index in [9.17, 15) is 9.59 Å². The lowest BCUT2D eigenvalue weighted by Gasteiger charge is -2.31. The highest BCUT2D eigenvalue weighted by atomic mass is 16.5. The SMILES string of the molecule is CCCC(=O)N1CCCN1C(=O)C1(c2ccc(OC)cc2)CC1. The van der Waals surface area contributed by atoms with Crippen LogP contribution < -0.4 is 4.74 Å². The van der Waals surface area contributed by atoms with Gasteiger partial charge in [0.2, 0.25) is 5.91 Å². The van der Waals surface area contributed by atoms with Crippen molar-refractivity contribution < 1.29 is 14.3 Å². The Balaban J connectivity index is 1.79. The first-order valence-corrected chi connectivity index (χ1v) is 8.39. The van der Waals surface area contributed by atoms with Crippen LogP contribution in [0, 0.1) is 0 Å². The minimum absolute atomic E-state index is 0.0591. The molecule has 0 aromatic heterocycles. The average Bonchev–Trinajstić information content (AvgIpc) is 3.24. The summed E-state index contributed by atoms with van der Waals surface area (Å²) in [5, 5.41) is 3.35. The number of amides is 2. The molecule has 3 rings (SSSR count). The van der Waals surface area contributed by atoms with E-state index >= 15 is 0 Å². The Kier molecular flexibility index (Phi) is 4.28. The van der Waals surface area contributed by atoms with Gasteiger partial charge in [-0.3, -0.25) is 19.6 Å². The van der Waals surface area contributed by atoms with Crippen LogP contribution in [0.15, 0.2) is 24.3 Å². The molecule has 5 heteroatoms. The molecule has 0 unspecified atom stereocenters. The molecule has 1 heterocycles. The van der Waals surface area contributed by atoms with E-state index in [0.717, 1.165) is 37.0 Å². The lowest BCUT2D eigenvalue weighted by Crippen LogP contribution is -2.48. The fourth-order valence-corrected chi connectivity index (χ4v) is 3.33. The summed E-state index contributed by atoms with van der Waals surface area (Å²) in [6.45, 7) is 3.29. The monoisotopic (exact) mass is 316 g/mol. The van der Waals surface area contributed by atoms with E-state index in [4.69, 9.17) is 4.74 Å². The molecule has 1 aromatic carbocycles. The van der Waals surface area contributed by atoms with Crippen molar-refractivity contribution in [1.82, 2.24) is 10.0 Å². The van der Waals surface area contributed by atoms with Gasteiger partial charge in [0.25, 0.3) is 5.91 Å². The Hall–Kier alpha value is -2.04. The van der Waals surface area contributed by atoms with E-state index in [0.29, 0.717) is 19.5 Å². The molecule has 1 saturated heterocycles. The van der Waals surface area contributed by atoms with Gasteiger partial charge < -0.3 is 4.74 Å². The minimum Gasteiger partial charge on any atom is -0.497 e. The van der Waals surface area contributed by atoms with Crippen molar-refractivity contribution in [2.45, 2.75) is 44.4 Å². The molecule has 0 atom stereocenters. The summed E-state index contributed by atoms with van der Waals surface area (Å²) >= 11 is 0. The van der Waals surface area contributed by atoms with E-state index in [1.54, 1.807) is 17.1 Å². The number of nitrogens with zero attached hydrogens (tertiary/aromatic N) is 2. The van der Waals surface area contributed by atoms with Crippen molar-refractivity contribution in [2.75, 3.05) is 20.2 Å². The number of hydrazine groups is 1. The molecule has 2 aliphatic rings. The zero-order valence-electron chi connectivity index (χ0n) is 13.9. The Bertz CT molecular complexity index is 593. The van der Waals surface area contributed by atoms with Crippen LogP contribution in [-0.4, -0.2) is 42.0 Å². The Morgan fingerprint density at radius 1 is 1.13 bits per heavy atom. The highest BCUT2D eigenvalue weighted by Gasteiger charge is 2.54. The van der Waals surface area contributed by atoms with Gasteiger partial charge in [-0.2, -0.15) is 0 Å². The number of carbonyl (C=O) groups is 2. The minimum atomic E-state index is -0.443. The molecular formula is C18H24N2O3. The molecule has 1 aromatic rings. The molecule has 0 radical (unpaired) electrons. The normalized spacial score (nSPS) is 18.9. The van der Waals surface area contributed by atoms with Crippen LogP contribution in [0.4, 0.5) is 0 Å². The highest BCUT2D eigenvalue weighted by Crippen LogP contribution is 2.50. The predicted molar refractivity (Wildman–Crippen MR) is 86.9 cm³/mol. The van der Waals surface area contributed by atoms with E-state index < -0.39 is 5.41 Å². The summed E-state index contributed by atoms with van der Waals surface area (Å²) in [6.07, 6.45) is 3.87. The first kappa shape index (κ1) is 15.8. The number of carbonyl (C=O) groups excluding carboxylic acids is 2. The standard InChI is InChI=1S/C18H24N2O3/c1-3-5-16(21)19-12-4-13-20(19)17(22)18(10-11-18)14-6-8-15(23-2)9-7-14/h6-9H,3-5,10-13H2,1-2H3. The maximum absolute atomic E-state index is 13.1. The maximum atomic E-state index is 13.1. The predicted octanol–water partition coefficient (Wildman–Crippen LogP) is 2.50. The van der Waals surface area contributed by atoms with E-state index in [1.165, 1.54) is 0 Å². The maximum Gasteiger partial charge on any atom is 0.251 e. The van der Waals surface area contributed by atoms with Gasteiger partial charge in [0.1, 0.15) is 5.75 Å². The van der Waals surface area contributed by atoms with Crippen LogP contribution in [0.3, 0.4) is 0 Å². The second kappa shape index (κ2) is 6.22. The molecule has 2 amide bonds. The van der Waals surface area contributed by atoms with Crippen molar-refractivity contribution in [3.8, 4) is 5.75 Å².